The molecule has 1 aliphatic carbocycles. The second kappa shape index (κ2) is 10.8. The maximum absolute atomic E-state index is 6.49. The van der Waals surface area contributed by atoms with E-state index in [-0.39, 0.29) is 11.3 Å². The summed E-state index contributed by atoms with van der Waals surface area (Å²) in [6, 6.07) is 53.7. The molecule has 0 saturated carbocycles. The third kappa shape index (κ3) is 4.24. The predicted octanol–water partition coefficient (Wildman–Crippen LogP) is 13.0. The van der Waals surface area contributed by atoms with Crippen molar-refractivity contribution in [3.8, 4) is 22.3 Å². The number of hydrogen-bond donors (Lipinski definition) is 0. The summed E-state index contributed by atoms with van der Waals surface area (Å²) >= 11 is 0. The standard InChI is InChI=1S/C47H38O/c1-29(2)33-19-12-21-39-45(33)35-26-25-32(28-40(35)47(39,3)4)44(37-20-13-23-42-46(37)36-18-10-11-22-41(36)48-42)38-27-24-30-14-8-9-17-34(30)43(38)31-15-6-5-7-16-31/h5-29,44H,1-4H3. The lowest BCUT2D eigenvalue weighted by Crippen LogP contribution is -2.16. The molecule has 1 aliphatic rings. The molecule has 9 rings (SSSR count). The number of fused-ring (bicyclic) bond motifs is 7. The van der Waals surface area contributed by atoms with E-state index in [1.54, 1.807) is 0 Å². The SMILES string of the molecule is CC(C)c1cccc2c1-c1ccc(C(c3ccc4ccccc4c3-c3ccccc3)c3cccc4oc5ccccc5c34)cc1C2(C)C. The fourth-order valence-electron chi connectivity index (χ4n) is 8.52. The van der Waals surface area contributed by atoms with Crippen molar-refractivity contribution in [1.82, 2.24) is 0 Å². The van der Waals surface area contributed by atoms with Gasteiger partial charge in [-0.3, -0.25) is 0 Å². The van der Waals surface area contributed by atoms with E-state index >= 15 is 0 Å². The average Bonchev–Trinajstić information content (AvgIpc) is 3.61. The van der Waals surface area contributed by atoms with E-state index in [0.717, 1.165) is 16.6 Å². The largest absolute Gasteiger partial charge is 0.456 e. The van der Waals surface area contributed by atoms with E-state index in [9.17, 15) is 0 Å². The Morgan fingerprint density at radius 3 is 2.06 bits per heavy atom. The van der Waals surface area contributed by atoms with Gasteiger partial charge in [0, 0.05) is 22.1 Å². The molecule has 0 fully saturated rings. The second-order valence-electron chi connectivity index (χ2n) is 14.2. The van der Waals surface area contributed by atoms with Crippen LogP contribution in [0, 0.1) is 0 Å². The van der Waals surface area contributed by atoms with Crippen molar-refractivity contribution < 1.29 is 4.42 Å². The van der Waals surface area contributed by atoms with Crippen molar-refractivity contribution in [1.29, 1.82) is 0 Å². The molecule has 1 heterocycles. The van der Waals surface area contributed by atoms with E-state index in [1.165, 1.54) is 71.8 Å². The molecule has 0 spiro atoms. The summed E-state index contributed by atoms with van der Waals surface area (Å²) in [6.45, 7) is 9.42. The van der Waals surface area contributed by atoms with Gasteiger partial charge in [0.25, 0.3) is 0 Å². The normalized spacial score (nSPS) is 14.1. The van der Waals surface area contributed by atoms with Gasteiger partial charge in [-0.05, 0) is 84.5 Å². The molecule has 0 radical (unpaired) electrons. The molecule has 0 aliphatic heterocycles. The van der Waals surface area contributed by atoms with Gasteiger partial charge in [-0.1, -0.05) is 161 Å². The fourth-order valence-corrected chi connectivity index (χ4v) is 8.52. The average molecular weight is 619 g/mol. The van der Waals surface area contributed by atoms with Crippen LogP contribution in [0.3, 0.4) is 0 Å². The molecule has 0 N–H and O–H groups in total. The maximum Gasteiger partial charge on any atom is 0.135 e. The minimum absolute atomic E-state index is 0.0381. The summed E-state index contributed by atoms with van der Waals surface area (Å²) in [4.78, 5) is 0. The lowest BCUT2D eigenvalue weighted by atomic mass is 9.76. The highest BCUT2D eigenvalue weighted by molar-refractivity contribution is 6.08. The summed E-state index contributed by atoms with van der Waals surface area (Å²) < 4.78 is 6.49. The molecule has 1 aromatic heterocycles. The first-order valence-corrected chi connectivity index (χ1v) is 17.2. The van der Waals surface area contributed by atoms with Gasteiger partial charge >= 0.3 is 0 Å². The van der Waals surface area contributed by atoms with E-state index in [1.807, 2.05) is 0 Å². The summed E-state index contributed by atoms with van der Waals surface area (Å²) in [5, 5.41) is 4.87. The smallest absolute Gasteiger partial charge is 0.135 e. The first-order chi connectivity index (χ1) is 23.4. The molecule has 8 aromatic rings. The zero-order valence-corrected chi connectivity index (χ0v) is 27.9. The van der Waals surface area contributed by atoms with E-state index < -0.39 is 0 Å². The molecule has 7 aromatic carbocycles. The van der Waals surface area contributed by atoms with Crippen molar-refractivity contribution in [3.63, 3.8) is 0 Å². The Kier molecular flexibility index (Phi) is 6.49. The van der Waals surface area contributed by atoms with Gasteiger partial charge in [-0.2, -0.15) is 0 Å². The van der Waals surface area contributed by atoms with Crippen LogP contribution >= 0.6 is 0 Å². The summed E-state index contributed by atoms with van der Waals surface area (Å²) in [5.41, 5.74) is 15.2. The van der Waals surface area contributed by atoms with Crippen molar-refractivity contribution in [2.24, 2.45) is 0 Å². The van der Waals surface area contributed by atoms with Gasteiger partial charge in [0.15, 0.2) is 0 Å². The molecule has 48 heavy (non-hydrogen) atoms. The van der Waals surface area contributed by atoms with Gasteiger partial charge in [-0.15, -0.1) is 0 Å². The van der Waals surface area contributed by atoms with Crippen LogP contribution in [-0.4, -0.2) is 0 Å². The van der Waals surface area contributed by atoms with E-state index in [0.29, 0.717) is 5.92 Å². The fraction of sp³-hybridized carbons (Fsp3) is 0.149. The molecule has 0 saturated heterocycles. The third-order valence-electron chi connectivity index (χ3n) is 10.8. The predicted molar refractivity (Wildman–Crippen MR) is 202 cm³/mol. The second-order valence-corrected chi connectivity index (χ2v) is 14.2. The lowest BCUT2D eigenvalue weighted by Gasteiger charge is -2.27. The minimum atomic E-state index is -0.115. The van der Waals surface area contributed by atoms with Gasteiger partial charge in [0.2, 0.25) is 0 Å². The molecular formula is C47H38O. The Bertz CT molecular complexity index is 2510. The lowest BCUT2D eigenvalue weighted by molar-refractivity contribution is 0.657. The topological polar surface area (TPSA) is 13.1 Å². The Morgan fingerprint density at radius 2 is 1.23 bits per heavy atom. The monoisotopic (exact) mass is 618 g/mol. The Labute approximate surface area is 282 Å². The van der Waals surface area contributed by atoms with Gasteiger partial charge in [0.1, 0.15) is 11.2 Å². The van der Waals surface area contributed by atoms with Crippen molar-refractivity contribution in [2.75, 3.05) is 0 Å². The minimum Gasteiger partial charge on any atom is -0.456 e. The molecule has 232 valence electrons. The molecule has 0 amide bonds. The van der Waals surface area contributed by atoms with Crippen molar-refractivity contribution in [2.45, 2.75) is 44.9 Å². The summed E-state index contributed by atoms with van der Waals surface area (Å²) in [6.07, 6.45) is 0. The molecule has 1 unspecified atom stereocenters. The highest BCUT2D eigenvalue weighted by Crippen LogP contribution is 2.53. The van der Waals surface area contributed by atoms with Crippen molar-refractivity contribution >= 4 is 32.7 Å². The number of para-hydroxylation sites is 1. The molecule has 0 bridgehead atoms. The first kappa shape index (κ1) is 28.8. The van der Waals surface area contributed by atoms with Crippen molar-refractivity contribution in [3.05, 3.63) is 179 Å². The number of benzene rings is 7. The summed E-state index contributed by atoms with van der Waals surface area (Å²) in [5.74, 6) is 0.413. The van der Waals surface area contributed by atoms with Gasteiger partial charge in [0.05, 0.1) is 0 Å². The van der Waals surface area contributed by atoms with Crippen LogP contribution in [0.25, 0.3) is 55.0 Å². The van der Waals surface area contributed by atoms with Crippen LogP contribution in [0.4, 0.5) is 0 Å². The molecule has 1 nitrogen and oxygen atoms in total. The first-order valence-electron chi connectivity index (χ1n) is 17.2. The van der Waals surface area contributed by atoms with Crippen LogP contribution < -0.4 is 0 Å². The Morgan fingerprint density at radius 1 is 0.521 bits per heavy atom. The van der Waals surface area contributed by atoms with Crippen LogP contribution in [0.15, 0.2) is 150 Å². The number of rotatable bonds is 5. The molecule has 1 heteroatoms. The zero-order chi connectivity index (χ0) is 32.6. The van der Waals surface area contributed by atoms with E-state index in [2.05, 4.69) is 173 Å². The van der Waals surface area contributed by atoms with E-state index in [4.69, 9.17) is 4.42 Å². The maximum atomic E-state index is 6.49. The Balaban J connectivity index is 1.38. The van der Waals surface area contributed by atoms with Crippen LogP contribution in [0.2, 0.25) is 0 Å². The zero-order valence-electron chi connectivity index (χ0n) is 27.9. The van der Waals surface area contributed by atoms with Gasteiger partial charge in [-0.25, -0.2) is 0 Å². The third-order valence-corrected chi connectivity index (χ3v) is 10.8. The number of hydrogen-bond acceptors (Lipinski definition) is 1. The number of furan rings is 1. The molecular weight excluding hydrogens is 581 g/mol. The summed E-state index contributed by atoms with van der Waals surface area (Å²) in [7, 11) is 0. The quantitative estimate of drug-likeness (QED) is 0.175. The highest BCUT2D eigenvalue weighted by Gasteiger charge is 2.38. The molecule has 1 atom stereocenters. The highest BCUT2D eigenvalue weighted by atomic mass is 16.3. The Hall–Kier alpha value is -5.40. The van der Waals surface area contributed by atoms with Gasteiger partial charge < -0.3 is 4.42 Å². The van der Waals surface area contributed by atoms with Crippen LogP contribution in [0.1, 0.15) is 72.9 Å². The van der Waals surface area contributed by atoms with Crippen LogP contribution in [-0.2, 0) is 5.41 Å². The van der Waals surface area contributed by atoms with Crippen LogP contribution in [0.5, 0.6) is 0 Å².